The van der Waals surface area contributed by atoms with Crippen molar-refractivity contribution >= 4 is 5.69 Å². The van der Waals surface area contributed by atoms with Crippen molar-refractivity contribution in [3.8, 4) is 28.4 Å². The minimum atomic E-state index is 0.561. The van der Waals surface area contributed by atoms with Crippen LogP contribution in [0.2, 0.25) is 0 Å². The van der Waals surface area contributed by atoms with Gasteiger partial charge in [0.25, 0.3) is 0 Å². The molecule has 0 bridgehead atoms. The number of para-hydroxylation sites is 1. The molecular formula is C15H17NO3. The van der Waals surface area contributed by atoms with Crippen LogP contribution in [-0.2, 0) is 0 Å². The molecule has 0 aliphatic heterocycles. The van der Waals surface area contributed by atoms with Gasteiger partial charge < -0.3 is 19.9 Å². The molecule has 0 atom stereocenters. The highest BCUT2D eigenvalue weighted by molar-refractivity contribution is 5.83. The molecule has 100 valence electrons. The van der Waals surface area contributed by atoms with Crippen LogP contribution >= 0.6 is 0 Å². The molecule has 2 aromatic carbocycles. The summed E-state index contributed by atoms with van der Waals surface area (Å²) in [5.74, 6) is 1.79. The summed E-state index contributed by atoms with van der Waals surface area (Å²) in [7, 11) is 4.77. The molecular weight excluding hydrogens is 242 g/mol. The van der Waals surface area contributed by atoms with Gasteiger partial charge in [0.05, 0.1) is 21.3 Å². The van der Waals surface area contributed by atoms with Crippen LogP contribution in [0.3, 0.4) is 0 Å². The third-order valence-electron chi connectivity index (χ3n) is 2.96. The normalized spacial score (nSPS) is 10.1. The summed E-state index contributed by atoms with van der Waals surface area (Å²) in [6.07, 6.45) is 0. The predicted octanol–water partition coefficient (Wildman–Crippen LogP) is 2.96. The van der Waals surface area contributed by atoms with Gasteiger partial charge in [-0.15, -0.1) is 0 Å². The lowest BCUT2D eigenvalue weighted by atomic mass is 10.0. The van der Waals surface area contributed by atoms with Gasteiger partial charge in [0.1, 0.15) is 0 Å². The molecule has 2 rings (SSSR count). The molecule has 0 amide bonds. The smallest absolute Gasteiger partial charge is 0.203 e. The molecule has 0 saturated heterocycles. The number of hydrogen-bond acceptors (Lipinski definition) is 4. The van der Waals surface area contributed by atoms with Crippen molar-refractivity contribution in [3.05, 3.63) is 36.4 Å². The third kappa shape index (κ3) is 2.29. The third-order valence-corrected chi connectivity index (χ3v) is 2.96. The van der Waals surface area contributed by atoms with E-state index >= 15 is 0 Å². The van der Waals surface area contributed by atoms with Gasteiger partial charge in [0, 0.05) is 16.8 Å². The van der Waals surface area contributed by atoms with Crippen LogP contribution in [0.4, 0.5) is 5.69 Å². The first kappa shape index (κ1) is 13.1. The highest BCUT2D eigenvalue weighted by Crippen LogP contribution is 2.45. The standard InChI is InChI=1S/C15H17NO3/c1-17-13-9-8-11(14(18-2)15(13)19-3)10-6-4-5-7-12(10)16/h4-9H,16H2,1-3H3. The Hall–Kier alpha value is -2.36. The number of nitrogen functional groups attached to an aromatic ring is 1. The number of hydrogen-bond donors (Lipinski definition) is 1. The molecule has 2 N–H and O–H groups in total. The van der Waals surface area contributed by atoms with Gasteiger partial charge in [-0.3, -0.25) is 0 Å². The van der Waals surface area contributed by atoms with Crippen LogP contribution in [0, 0.1) is 0 Å². The van der Waals surface area contributed by atoms with Gasteiger partial charge in [-0.2, -0.15) is 0 Å². The number of ether oxygens (including phenoxy) is 3. The highest BCUT2D eigenvalue weighted by Gasteiger charge is 2.17. The summed E-state index contributed by atoms with van der Waals surface area (Å²) in [6, 6.07) is 11.4. The lowest BCUT2D eigenvalue weighted by molar-refractivity contribution is 0.325. The monoisotopic (exact) mass is 259 g/mol. The molecule has 0 aliphatic carbocycles. The molecule has 0 saturated carbocycles. The second-order valence-corrected chi connectivity index (χ2v) is 3.97. The molecule has 0 aromatic heterocycles. The van der Waals surface area contributed by atoms with Gasteiger partial charge in [-0.05, 0) is 18.2 Å². The molecule has 4 heteroatoms. The zero-order valence-electron chi connectivity index (χ0n) is 11.3. The number of rotatable bonds is 4. The quantitative estimate of drug-likeness (QED) is 0.858. The predicted molar refractivity (Wildman–Crippen MR) is 75.9 cm³/mol. The van der Waals surface area contributed by atoms with Gasteiger partial charge in [-0.1, -0.05) is 18.2 Å². The highest BCUT2D eigenvalue weighted by atomic mass is 16.5. The molecule has 0 unspecified atom stereocenters. The Morgan fingerprint density at radius 3 is 2.00 bits per heavy atom. The van der Waals surface area contributed by atoms with Crippen molar-refractivity contribution in [2.45, 2.75) is 0 Å². The lowest BCUT2D eigenvalue weighted by Crippen LogP contribution is -1.98. The topological polar surface area (TPSA) is 53.7 Å². The van der Waals surface area contributed by atoms with Crippen molar-refractivity contribution < 1.29 is 14.2 Å². The SMILES string of the molecule is COc1ccc(-c2ccccc2N)c(OC)c1OC. The minimum absolute atomic E-state index is 0.561. The lowest BCUT2D eigenvalue weighted by Gasteiger charge is -2.16. The number of nitrogens with two attached hydrogens (primary N) is 1. The number of benzene rings is 2. The largest absolute Gasteiger partial charge is 0.493 e. The number of anilines is 1. The van der Waals surface area contributed by atoms with Crippen LogP contribution in [0.5, 0.6) is 17.2 Å². The van der Waals surface area contributed by atoms with Crippen LogP contribution < -0.4 is 19.9 Å². The average Bonchev–Trinajstić information content (AvgIpc) is 2.46. The Morgan fingerprint density at radius 2 is 1.42 bits per heavy atom. The molecule has 0 fully saturated rings. The summed E-state index contributed by atoms with van der Waals surface area (Å²) < 4.78 is 16.1. The van der Waals surface area contributed by atoms with E-state index in [0.717, 1.165) is 11.1 Å². The second-order valence-electron chi connectivity index (χ2n) is 3.97. The van der Waals surface area contributed by atoms with E-state index in [2.05, 4.69) is 0 Å². The van der Waals surface area contributed by atoms with Crippen LogP contribution in [0.1, 0.15) is 0 Å². The van der Waals surface area contributed by atoms with Crippen molar-refractivity contribution in [2.75, 3.05) is 27.1 Å². The zero-order chi connectivity index (χ0) is 13.8. The Kier molecular flexibility index (Phi) is 3.80. The van der Waals surface area contributed by atoms with E-state index in [1.54, 1.807) is 21.3 Å². The summed E-state index contributed by atoms with van der Waals surface area (Å²) in [5.41, 5.74) is 8.48. The van der Waals surface area contributed by atoms with Crippen molar-refractivity contribution in [1.82, 2.24) is 0 Å². The van der Waals surface area contributed by atoms with Gasteiger partial charge in [-0.25, -0.2) is 0 Å². The minimum Gasteiger partial charge on any atom is -0.493 e. The van der Waals surface area contributed by atoms with Gasteiger partial charge >= 0.3 is 0 Å². The Bertz CT molecular complexity index is 582. The second kappa shape index (κ2) is 5.52. The van der Waals surface area contributed by atoms with E-state index in [9.17, 15) is 0 Å². The van der Waals surface area contributed by atoms with E-state index in [4.69, 9.17) is 19.9 Å². The van der Waals surface area contributed by atoms with E-state index < -0.39 is 0 Å². The fraction of sp³-hybridized carbons (Fsp3) is 0.200. The summed E-state index contributed by atoms with van der Waals surface area (Å²) in [6.45, 7) is 0. The molecule has 19 heavy (non-hydrogen) atoms. The van der Waals surface area contributed by atoms with Gasteiger partial charge in [0.15, 0.2) is 11.5 Å². The average molecular weight is 259 g/mol. The van der Waals surface area contributed by atoms with Crippen LogP contribution in [-0.4, -0.2) is 21.3 Å². The zero-order valence-corrected chi connectivity index (χ0v) is 11.3. The number of methoxy groups -OCH3 is 3. The van der Waals surface area contributed by atoms with Crippen molar-refractivity contribution in [2.24, 2.45) is 0 Å². The first-order valence-corrected chi connectivity index (χ1v) is 5.86. The summed E-state index contributed by atoms with van der Waals surface area (Å²) in [4.78, 5) is 0. The Labute approximate surface area is 112 Å². The maximum atomic E-state index is 6.01. The fourth-order valence-corrected chi connectivity index (χ4v) is 2.06. The maximum absolute atomic E-state index is 6.01. The van der Waals surface area contributed by atoms with E-state index in [0.29, 0.717) is 22.9 Å². The van der Waals surface area contributed by atoms with Crippen LogP contribution in [0.25, 0.3) is 11.1 Å². The van der Waals surface area contributed by atoms with Crippen LogP contribution in [0.15, 0.2) is 36.4 Å². The Balaban J connectivity index is 2.68. The molecule has 0 aliphatic rings. The van der Waals surface area contributed by atoms with Gasteiger partial charge in [0.2, 0.25) is 5.75 Å². The summed E-state index contributed by atoms with van der Waals surface area (Å²) in [5, 5.41) is 0. The Morgan fingerprint density at radius 1 is 0.737 bits per heavy atom. The first-order chi connectivity index (χ1) is 9.22. The molecule has 0 radical (unpaired) electrons. The first-order valence-electron chi connectivity index (χ1n) is 5.86. The summed E-state index contributed by atoms with van der Waals surface area (Å²) >= 11 is 0. The maximum Gasteiger partial charge on any atom is 0.203 e. The molecule has 2 aromatic rings. The van der Waals surface area contributed by atoms with Crippen molar-refractivity contribution in [3.63, 3.8) is 0 Å². The van der Waals surface area contributed by atoms with E-state index in [1.165, 1.54) is 0 Å². The molecule has 0 spiro atoms. The van der Waals surface area contributed by atoms with E-state index in [1.807, 2.05) is 36.4 Å². The molecule has 4 nitrogen and oxygen atoms in total. The molecule has 0 heterocycles. The fourth-order valence-electron chi connectivity index (χ4n) is 2.06. The van der Waals surface area contributed by atoms with E-state index in [-0.39, 0.29) is 0 Å². The van der Waals surface area contributed by atoms with Crippen molar-refractivity contribution in [1.29, 1.82) is 0 Å².